The van der Waals surface area contributed by atoms with E-state index in [0.29, 0.717) is 6.42 Å². The van der Waals surface area contributed by atoms with Crippen molar-refractivity contribution in [2.24, 2.45) is 5.41 Å². The van der Waals surface area contributed by atoms with Crippen LogP contribution in [-0.4, -0.2) is 47.2 Å². The Balaban J connectivity index is 1.61. The van der Waals surface area contributed by atoms with E-state index in [0.717, 1.165) is 0 Å². The Kier molecular flexibility index (Phi) is 3.40. The summed E-state index contributed by atoms with van der Waals surface area (Å²) >= 11 is 1.45. The molecule has 8 heteroatoms. The Hall–Kier alpha value is -2.01. The third kappa shape index (κ3) is 2.00. The number of esters is 3. The van der Waals surface area contributed by atoms with Crippen molar-refractivity contribution in [2.45, 2.75) is 36.1 Å². The van der Waals surface area contributed by atoms with Gasteiger partial charge in [0.25, 0.3) is 0 Å². The molecule has 0 saturated carbocycles. The molecule has 7 nitrogen and oxygen atoms in total. The molecule has 3 aliphatic rings. The van der Waals surface area contributed by atoms with Crippen LogP contribution in [0.25, 0.3) is 0 Å². The summed E-state index contributed by atoms with van der Waals surface area (Å²) in [7, 11) is 0. The minimum absolute atomic E-state index is 0.151. The summed E-state index contributed by atoms with van der Waals surface area (Å²) in [5.41, 5.74) is -0.915. The highest BCUT2D eigenvalue weighted by Crippen LogP contribution is 2.62. The molecular weight excluding hydrogens is 310 g/mol. The van der Waals surface area contributed by atoms with Crippen LogP contribution >= 0.6 is 11.8 Å². The molecule has 0 aromatic carbocycles. The van der Waals surface area contributed by atoms with E-state index in [9.17, 15) is 19.6 Å². The maximum Gasteiger partial charge on any atom is 0.344 e. The molecule has 0 aromatic rings. The zero-order valence-electron chi connectivity index (χ0n) is 11.7. The van der Waals surface area contributed by atoms with Crippen molar-refractivity contribution < 1.29 is 28.6 Å². The average Bonchev–Trinajstić information content (AvgIpc) is 3.06. The Morgan fingerprint density at radius 3 is 2.95 bits per heavy atom. The maximum absolute atomic E-state index is 11.9. The summed E-state index contributed by atoms with van der Waals surface area (Å²) in [5.74, 6) is -1.92. The molecule has 2 bridgehead atoms. The number of hydrogen-bond donors (Lipinski definition) is 0. The predicted molar refractivity (Wildman–Crippen MR) is 73.4 cm³/mol. The van der Waals surface area contributed by atoms with Crippen LogP contribution in [0.1, 0.15) is 13.3 Å². The molecule has 116 valence electrons. The second-order valence-electron chi connectivity index (χ2n) is 5.56. The number of ether oxygens (including phenoxy) is 3. The molecule has 0 aromatic heterocycles. The van der Waals surface area contributed by atoms with Crippen molar-refractivity contribution in [3.8, 4) is 6.07 Å². The number of hydrogen-bond acceptors (Lipinski definition) is 8. The van der Waals surface area contributed by atoms with E-state index in [1.54, 1.807) is 0 Å². The smallest absolute Gasteiger partial charge is 0.344 e. The minimum Gasteiger partial charge on any atom is -0.456 e. The van der Waals surface area contributed by atoms with Gasteiger partial charge in [-0.05, 0) is 13.3 Å². The molecule has 3 heterocycles. The normalized spacial score (nSPS) is 37.4. The molecule has 5 atom stereocenters. The number of carbonyl (C=O) groups excluding carboxylic acids is 3. The third-order valence-corrected chi connectivity index (χ3v) is 5.81. The number of thioether (sulfide) groups is 1. The zero-order chi connectivity index (χ0) is 16.1. The van der Waals surface area contributed by atoms with E-state index in [-0.39, 0.29) is 16.1 Å². The second-order valence-corrected chi connectivity index (χ2v) is 6.95. The lowest BCUT2D eigenvalue weighted by atomic mass is 9.75. The molecule has 0 N–H and O–H groups in total. The summed E-state index contributed by atoms with van der Waals surface area (Å²) in [5, 5.41) is 8.81. The summed E-state index contributed by atoms with van der Waals surface area (Å²) in [4.78, 5) is 34.9. The molecule has 0 radical (unpaired) electrons. The number of carbonyl (C=O) groups is 3. The Morgan fingerprint density at radius 2 is 2.32 bits per heavy atom. The van der Waals surface area contributed by atoms with Crippen LogP contribution < -0.4 is 0 Å². The fraction of sp³-hybridized carbons (Fsp3) is 0.571. The van der Waals surface area contributed by atoms with Crippen LogP contribution in [0, 0.1) is 16.7 Å². The van der Waals surface area contributed by atoms with Crippen molar-refractivity contribution in [1.29, 1.82) is 5.26 Å². The number of rotatable bonds is 4. The number of nitriles is 1. The zero-order valence-corrected chi connectivity index (χ0v) is 12.6. The van der Waals surface area contributed by atoms with Crippen LogP contribution in [0.5, 0.6) is 0 Å². The Bertz CT molecular complexity index is 625. The molecule has 0 aliphatic carbocycles. The average molecular weight is 323 g/mol. The first kappa shape index (κ1) is 14.9. The lowest BCUT2D eigenvalue weighted by Crippen LogP contribution is -2.44. The van der Waals surface area contributed by atoms with Crippen molar-refractivity contribution in [3.63, 3.8) is 0 Å². The summed E-state index contributed by atoms with van der Waals surface area (Å²) < 4.78 is 15.2. The van der Waals surface area contributed by atoms with Gasteiger partial charge >= 0.3 is 17.9 Å². The summed E-state index contributed by atoms with van der Waals surface area (Å²) in [6, 6.07) is 2.06. The monoisotopic (exact) mass is 323 g/mol. The molecule has 3 fully saturated rings. The van der Waals surface area contributed by atoms with Gasteiger partial charge in [0.05, 0.1) is 11.3 Å². The van der Waals surface area contributed by atoms with E-state index in [1.165, 1.54) is 18.7 Å². The first-order chi connectivity index (χ1) is 10.4. The van der Waals surface area contributed by atoms with E-state index in [2.05, 4.69) is 12.6 Å². The van der Waals surface area contributed by atoms with Gasteiger partial charge < -0.3 is 14.2 Å². The van der Waals surface area contributed by atoms with Crippen LogP contribution in [0.15, 0.2) is 12.2 Å². The fourth-order valence-electron chi connectivity index (χ4n) is 3.01. The highest BCUT2D eigenvalue weighted by atomic mass is 32.2. The molecule has 0 amide bonds. The van der Waals surface area contributed by atoms with Crippen molar-refractivity contribution in [2.75, 3.05) is 6.61 Å². The highest BCUT2D eigenvalue weighted by molar-refractivity contribution is 8.01. The van der Waals surface area contributed by atoms with Gasteiger partial charge in [0, 0.05) is 10.8 Å². The van der Waals surface area contributed by atoms with Gasteiger partial charge in [0.2, 0.25) is 0 Å². The van der Waals surface area contributed by atoms with Crippen molar-refractivity contribution >= 4 is 29.7 Å². The standard InChI is InChI=1S/C14H13NO6S/c1-6(2)12(17)19-4-8(16)20-9-7-3-14(5-15)11(22-7)10(9)21-13(14)18/h7,9-11H,1,3-4H2,2H3. The number of nitrogens with zero attached hydrogens (tertiary/aromatic N) is 1. The van der Waals surface area contributed by atoms with Gasteiger partial charge in [-0.1, -0.05) is 6.58 Å². The highest BCUT2D eigenvalue weighted by Gasteiger charge is 2.73. The summed E-state index contributed by atoms with van der Waals surface area (Å²) in [6.07, 6.45) is -0.881. The molecule has 3 aliphatic heterocycles. The quantitative estimate of drug-likeness (QED) is 0.414. The van der Waals surface area contributed by atoms with Gasteiger partial charge in [-0.2, -0.15) is 5.26 Å². The lowest BCUT2D eigenvalue weighted by Gasteiger charge is -2.26. The van der Waals surface area contributed by atoms with Gasteiger partial charge in [-0.3, -0.25) is 4.79 Å². The van der Waals surface area contributed by atoms with E-state index in [4.69, 9.17) is 14.2 Å². The lowest BCUT2D eigenvalue weighted by molar-refractivity contribution is -0.166. The first-order valence-electron chi connectivity index (χ1n) is 6.69. The topological polar surface area (TPSA) is 103 Å². The van der Waals surface area contributed by atoms with E-state index < -0.39 is 42.1 Å². The van der Waals surface area contributed by atoms with Crippen LogP contribution in [0.3, 0.4) is 0 Å². The molecular formula is C14H13NO6S. The molecule has 0 spiro atoms. The largest absolute Gasteiger partial charge is 0.456 e. The Morgan fingerprint density at radius 1 is 1.59 bits per heavy atom. The number of fused-ring (bicyclic) bond motifs is 1. The van der Waals surface area contributed by atoms with Crippen molar-refractivity contribution in [1.82, 2.24) is 0 Å². The Labute approximate surface area is 130 Å². The van der Waals surface area contributed by atoms with Gasteiger partial charge in [0.15, 0.2) is 24.2 Å². The van der Waals surface area contributed by atoms with E-state index >= 15 is 0 Å². The maximum atomic E-state index is 11.9. The molecule has 5 unspecified atom stereocenters. The van der Waals surface area contributed by atoms with Gasteiger partial charge in [-0.15, -0.1) is 11.8 Å². The third-order valence-electron chi connectivity index (χ3n) is 4.06. The van der Waals surface area contributed by atoms with E-state index in [1.807, 2.05) is 0 Å². The van der Waals surface area contributed by atoms with Crippen molar-refractivity contribution in [3.05, 3.63) is 12.2 Å². The van der Waals surface area contributed by atoms with Crippen LogP contribution in [-0.2, 0) is 28.6 Å². The fourth-order valence-corrected chi connectivity index (χ4v) is 4.95. The predicted octanol–water partition coefficient (Wildman–Crippen LogP) is 0.341. The summed E-state index contributed by atoms with van der Waals surface area (Å²) in [6.45, 7) is 4.36. The van der Waals surface area contributed by atoms with Crippen LogP contribution in [0.2, 0.25) is 0 Å². The minimum atomic E-state index is -1.10. The second kappa shape index (κ2) is 5.02. The molecule has 3 rings (SSSR count). The SMILES string of the molecule is C=C(C)C(=O)OCC(=O)OC1C2CC3(C#N)C(=O)OC1C3S2. The van der Waals surface area contributed by atoms with Crippen LogP contribution in [0.4, 0.5) is 0 Å². The van der Waals surface area contributed by atoms with Gasteiger partial charge in [-0.25, -0.2) is 9.59 Å². The van der Waals surface area contributed by atoms with Gasteiger partial charge in [0.1, 0.15) is 0 Å². The molecule has 22 heavy (non-hydrogen) atoms. The first-order valence-corrected chi connectivity index (χ1v) is 7.63. The molecule has 3 saturated heterocycles.